The van der Waals surface area contributed by atoms with Crippen molar-refractivity contribution in [3.05, 3.63) is 161 Å². The maximum atomic E-state index is 12.3. The Kier molecular flexibility index (Phi) is 12.0. The minimum Gasteiger partial charge on any atom is -0.497 e. The van der Waals surface area contributed by atoms with E-state index in [1.54, 1.807) is 27.2 Å². The van der Waals surface area contributed by atoms with E-state index < -0.39 is 0 Å². The van der Waals surface area contributed by atoms with Crippen LogP contribution in [0.4, 0.5) is 0 Å². The first-order chi connectivity index (χ1) is 22.7. The van der Waals surface area contributed by atoms with Crippen molar-refractivity contribution in [2.75, 3.05) is 14.2 Å². The Morgan fingerprint density at radius 2 is 0.957 bits per heavy atom. The van der Waals surface area contributed by atoms with E-state index in [1.807, 2.05) is 141 Å². The van der Waals surface area contributed by atoms with Gasteiger partial charge in [-0.1, -0.05) is 102 Å². The molecule has 236 valence electrons. The second-order valence-corrected chi connectivity index (χ2v) is 11.0. The van der Waals surface area contributed by atoms with E-state index in [0.29, 0.717) is 5.56 Å². The summed E-state index contributed by atoms with van der Waals surface area (Å²) in [6.45, 7) is 5.61. The normalized spacial score (nSPS) is 10.4. The summed E-state index contributed by atoms with van der Waals surface area (Å²) in [5.74, 6) is 1.74. The van der Waals surface area contributed by atoms with E-state index in [1.165, 1.54) is 11.1 Å². The molecule has 0 bridgehead atoms. The van der Waals surface area contributed by atoms with E-state index in [-0.39, 0.29) is 11.6 Å². The summed E-state index contributed by atoms with van der Waals surface area (Å²) in [6, 6.07) is 38.6. The van der Waals surface area contributed by atoms with E-state index in [0.717, 1.165) is 56.0 Å². The minimum absolute atomic E-state index is 0.00305. The fraction of sp³-hybridized carbons (Fsp3) is 0.119. The van der Waals surface area contributed by atoms with Crippen LogP contribution >= 0.6 is 0 Å². The van der Waals surface area contributed by atoms with Gasteiger partial charge in [-0.15, -0.1) is 0 Å². The van der Waals surface area contributed by atoms with Gasteiger partial charge in [0.1, 0.15) is 17.8 Å². The Morgan fingerprint density at radius 1 is 0.532 bits per heavy atom. The van der Waals surface area contributed by atoms with Crippen LogP contribution in [0.2, 0.25) is 0 Å². The molecule has 0 saturated carbocycles. The Bertz CT molecular complexity index is 2020. The summed E-state index contributed by atoms with van der Waals surface area (Å²) >= 11 is 0. The van der Waals surface area contributed by atoms with Crippen LogP contribution in [0.15, 0.2) is 127 Å². The lowest BCUT2D eigenvalue weighted by Gasteiger charge is -2.04. The Morgan fingerprint density at radius 3 is 1.43 bits per heavy atom. The van der Waals surface area contributed by atoms with Crippen LogP contribution in [0.1, 0.15) is 54.7 Å². The van der Waals surface area contributed by atoms with Gasteiger partial charge in [0.2, 0.25) is 0 Å². The average molecular weight is 623 g/mol. The zero-order chi connectivity index (χ0) is 33.8. The number of carbonyl (C=O) groups excluding carboxylic acids is 3. The number of aldehydes is 1. The molecule has 0 heterocycles. The summed E-state index contributed by atoms with van der Waals surface area (Å²) in [4.78, 5) is 33.6. The molecule has 0 amide bonds. The van der Waals surface area contributed by atoms with Crippen molar-refractivity contribution in [2.45, 2.75) is 20.8 Å². The van der Waals surface area contributed by atoms with Gasteiger partial charge in [-0.05, 0) is 90.4 Å². The number of Topliss-reactive ketones (excluding diaryl/α,β-unsaturated/α-hetero) is 1. The molecule has 5 nitrogen and oxygen atoms in total. The third kappa shape index (κ3) is 9.84. The van der Waals surface area contributed by atoms with Crippen LogP contribution in [-0.2, 0) is 0 Å². The van der Waals surface area contributed by atoms with Crippen LogP contribution in [-0.4, -0.2) is 32.1 Å². The first kappa shape index (κ1) is 34.1. The van der Waals surface area contributed by atoms with Crippen LogP contribution in [0, 0.1) is 13.8 Å². The highest BCUT2D eigenvalue weighted by molar-refractivity contribution is 6.08. The maximum absolute atomic E-state index is 12.3. The van der Waals surface area contributed by atoms with Crippen molar-refractivity contribution >= 4 is 45.5 Å². The first-order valence-electron chi connectivity index (χ1n) is 15.2. The lowest BCUT2D eigenvalue weighted by atomic mass is 10.0. The summed E-state index contributed by atoms with van der Waals surface area (Å²) in [5, 5.41) is 4.23. The Balaban J connectivity index is 0.000000178. The molecule has 0 aliphatic rings. The molecular formula is C42H38O5. The lowest BCUT2D eigenvalue weighted by molar-refractivity contribution is 0.101. The number of ketones is 2. The molecule has 0 aliphatic heterocycles. The van der Waals surface area contributed by atoms with E-state index >= 15 is 0 Å². The van der Waals surface area contributed by atoms with Crippen molar-refractivity contribution in [3.63, 3.8) is 0 Å². The molecule has 0 unspecified atom stereocenters. The summed E-state index contributed by atoms with van der Waals surface area (Å²) in [5.41, 5.74) is 5.58. The molecule has 0 spiro atoms. The molecule has 5 heteroatoms. The monoisotopic (exact) mass is 622 g/mol. The molecule has 6 aromatic carbocycles. The molecule has 47 heavy (non-hydrogen) atoms. The number of hydrogen-bond acceptors (Lipinski definition) is 5. The molecule has 0 aliphatic carbocycles. The fourth-order valence-corrected chi connectivity index (χ4v) is 4.66. The third-order valence-electron chi connectivity index (χ3n) is 7.50. The van der Waals surface area contributed by atoms with Gasteiger partial charge in [0.15, 0.2) is 11.6 Å². The van der Waals surface area contributed by atoms with Gasteiger partial charge in [-0.3, -0.25) is 14.4 Å². The molecule has 6 aromatic rings. The molecule has 0 aromatic heterocycles. The largest absolute Gasteiger partial charge is 0.497 e. The van der Waals surface area contributed by atoms with E-state index in [9.17, 15) is 14.4 Å². The third-order valence-corrected chi connectivity index (χ3v) is 7.50. The van der Waals surface area contributed by atoms with Crippen LogP contribution < -0.4 is 9.47 Å². The molecule has 0 atom stereocenters. The van der Waals surface area contributed by atoms with Crippen molar-refractivity contribution in [3.8, 4) is 11.5 Å². The quantitative estimate of drug-likeness (QED) is 0.101. The Labute approximate surface area is 276 Å². The number of carbonyl (C=O) groups is 3. The summed E-state index contributed by atoms with van der Waals surface area (Å²) in [6.07, 6.45) is 4.31. The van der Waals surface area contributed by atoms with Crippen LogP contribution in [0.3, 0.4) is 0 Å². The van der Waals surface area contributed by atoms with Crippen molar-refractivity contribution in [2.24, 2.45) is 0 Å². The topological polar surface area (TPSA) is 69.7 Å². The van der Waals surface area contributed by atoms with E-state index in [2.05, 4.69) is 0 Å². The number of ether oxygens (including phenoxy) is 2. The van der Waals surface area contributed by atoms with Crippen LogP contribution in [0.25, 0.3) is 27.6 Å². The Hall–Kier alpha value is -5.81. The number of rotatable bonds is 7. The number of hydrogen-bond donors (Lipinski definition) is 0. The van der Waals surface area contributed by atoms with E-state index in [4.69, 9.17) is 9.47 Å². The maximum Gasteiger partial charge on any atom is 0.185 e. The predicted octanol–water partition coefficient (Wildman–Crippen LogP) is 9.91. The number of allylic oxidation sites excluding steroid dienone is 1. The minimum atomic E-state index is 0.00305. The zero-order valence-electron chi connectivity index (χ0n) is 27.3. The van der Waals surface area contributed by atoms with Crippen molar-refractivity contribution in [1.29, 1.82) is 0 Å². The fourth-order valence-electron chi connectivity index (χ4n) is 4.66. The molecule has 0 radical (unpaired) electrons. The van der Waals surface area contributed by atoms with Gasteiger partial charge in [0.25, 0.3) is 0 Å². The van der Waals surface area contributed by atoms with Crippen molar-refractivity contribution in [1.82, 2.24) is 0 Å². The second kappa shape index (κ2) is 16.5. The predicted molar refractivity (Wildman–Crippen MR) is 192 cm³/mol. The van der Waals surface area contributed by atoms with Gasteiger partial charge < -0.3 is 9.47 Å². The van der Waals surface area contributed by atoms with Gasteiger partial charge in [-0.25, -0.2) is 0 Å². The summed E-state index contributed by atoms with van der Waals surface area (Å²) in [7, 11) is 3.29. The molecule has 0 fully saturated rings. The average Bonchev–Trinajstić information content (AvgIpc) is 3.11. The smallest absolute Gasteiger partial charge is 0.185 e. The number of aryl methyl sites for hydroxylation is 2. The van der Waals surface area contributed by atoms with Gasteiger partial charge in [-0.2, -0.15) is 0 Å². The first-order valence-corrected chi connectivity index (χ1v) is 15.2. The van der Waals surface area contributed by atoms with Gasteiger partial charge in [0, 0.05) is 16.7 Å². The highest BCUT2D eigenvalue weighted by atomic mass is 16.5. The lowest BCUT2D eigenvalue weighted by Crippen LogP contribution is -1.94. The highest BCUT2D eigenvalue weighted by Gasteiger charge is 2.05. The second-order valence-electron chi connectivity index (χ2n) is 11.0. The SMILES string of the molecule is COc1ccc2cc(C(=O)/C=C/c3ccc(C)cc3)ccc2c1.COc1ccc2cc(C(C)=O)ccc2c1.Cc1ccc(C=O)cc1. The number of fused-ring (bicyclic) bond motifs is 2. The number of methoxy groups -OCH3 is 2. The zero-order valence-corrected chi connectivity index (χ0v) is 27.3. The molecule has 0 N–H and O–H groups in total. The number of benzene rings is 6. The molecule has 6 rings (SSSR count). The van der Waals surface area contributed by atoms with Crippen LogP contribution in [0.5, 0.6) is 11.5 Å². The highest BCUT2D eigenvalue weighted by Crippen LogP contribution is 2.23. The molecule has 0 saturated heterocycles. The van der Waals surface area contributed by atoms with Gasteiger partial charge in [0.05, 0.1) is 14.2 Å². The summed E-state index contributed by atoms with van der Waals surface area (Å²) < 4.78 is 10.4. The standard InChI is InChI=1S/C21H18O2.C13H12O2.C8H8O/c1-15-3-5-16(6-4-15)7-12-21(22)19-9-8-18-14-20(23-2)11-10-17(18)13-19;1-9(14)10-3-4-12-8-13(15-2)6-5-11(12)7-10;1-7-2-4-8(6-9)5-3-7/h3-14H,1-2H3;3-8H,1-2H3;2-6H,1H3/b12-7+;;. The van der Waals surface area contributed by atoms with Crippen molar-refractivity contribution < 1.29 is 23.9 Å². The molecular weight excluding hydrogens is 584 g/mol. The van der Waals surface area contributed by atoms with Gasteiger partial charge >= 0.3 is 0 Å².